The molecule has 2 aromatic rings. The average molecular weight is 379 g/mol. The van der Waals surface area contributed by atoms with Gasteiger partial charge in [0.05, 0.1) is 24.8 Å². The number of rotatable bonds is 3. The van der Waals surface area contributed by atoms with Crippen LogP contribution in [-0.2, 0) is 20.8 Å². The zero-order valence-electron chi connectivity index (χ0n) is 14.3. The van der Waals surface area contributed by atoms with Gasteiger partial charge in [-0.3, -0.25) is 14.6 Å². The van der Waals surface area contributed by atoms with Gasteiger partial charge in [-0.2, -0.15) is 11.3 Å². The number of nitrogens with zero attached hydrogens (tertiary/aromatic N) is 2. The van der Waals surface area contributed by atoms with Crippen LogP contribution in [0.5, 0.6) is 0 Å². The van der Waals surface area contributed by atoms with Crippen LogP contribution in [0.3, 0.4) is 0 Å². The lowest BCUT2D eigenvalue weighted by Crippen LogP contribution is -2.60. The van der Waals surface area contributed by atoms with Crippen LogP contribution in [0.1, 0.15) is 10.4 Å². The molecule has 1 atom stereocenters. The Kier molecular flexibility index (Phi) is 4.92. The van der Waals surface area contributed by atoms with Crippen LogP contribution >= 0.6 is 22.7 Å². The molecule has 134 valence electrons. The lowest BCUT2D eigenvalue weighted by Gasteiger charge is -2.42. The van der Waals surface area contributed by atoms with E-state index in [0.717, 1.165) is 24.6 Å². The molecule has 5 nitrogen and oxygen atoms in total. The molecular weight excluding hydrogens is 356 g/mol. The maximum atomic E-state index is 12.4. The van der Waals surface area contributed by atoms with Crippen LogP contribution in [0.4, 0.5) is 5.00 Å². The Bertz CT molecular complexity index is 731. The highest BCUT2D eigenvalue weighted by Gasteiger charge is 2.43. The van der Waals surface area contributed by atoms with Crippen LogP contribution < -0.4 is 4.90 Å². The van der Waals surface area contributed by atoms with Crippen molar-refractivity contribution in [2.75, 3.05) is 44.4 Å². The van der Waals surface area contributed by atoms with E-state index in [1.54, 1.807) is 22.7 Å². The van der Waals surface area contributed by atoms with Gasteiger partial charge in [0.25, 0.3) is 5.91 Å². The molecular formula is C18H22N2O3S2. The van der Waals surface area contributed by atoms with Crippen molar-refractivity contribution in [1.29, 1.82) is 0 Å². The summed E-state index contributed by atoms with van der Waals surface area (Å²) in [6.45, 7) is 6.50. The fraction of sp³-hybridized carbons (Fsp3) is 0.500. The van der Waals surface area contributed by atoms with Crippen molar-refractivity contribution >= 4 is 33.6 Å². The highest BCUT2D eigenvalue weighted by Crippen LogP contribution is 2.32. The third-order valence-corrected chi connectivity index (χ3v) is 6.41. The number of aryl methyl sites for hydroxylation is 1. The normalized spacial score (nSPS) is 25.5. The van der Waals surface area contributed by atoms with E-state index in [1.165, 1.54) is 10.4 Å². The molecule has 2 saturated heterocycles. The molecule has 25 heavy (non-hydrogen) atoms. The highest BCUT2D eigenvalue weighted by atomic mass is 32.1. The molecule has 1 unspecified atom stereocenters. The Morgan fingerprint density at radius 2 is 2.20 bits per heavy atom. The minimum atomic E-state index is -0.460. The third-order valence-electron chi connectivity index (χ3n) is 4.66. The smallest absolute Gasteiger partial charge is 0.253 e. The zero-order valence-corrected chi connectivity index (χ0v) is 15.9. The summed E-state index contributed by atoms with van der Waals surface area (Å²) in [5, 5.41) is 5.29. The molecule has 0 bridgehead atoms. The van der Waals surface area contributed by atoms with Gasteiger partial charge in [0.15, 0.2) is 0 Å². The van der Waals surface area contributed by atoms with Gasteiger partial charge in [-0.05, 0) is 41.4 Å². The number of ether oxygens (including phenoxy) is 2. The lowest BCUT2D eigenvalue weighted by atomic mass is 10.0. The van der Waals surface area contributed by atoms with Crippen LogP contribution in [0.25, 0.3) is 0 Å². The summed E-state index contributed by atoms with van der Waals surface area (Å²) in [5.41, 5.74) is 0.859. The number of hydrogen-bond acceptors (Lipinski definition) is 6. The van der Waals surface area contributed by atoms with Crippen molar-refractivity contribution in [3.63, 3.8) is 0 Å². The Balaban J connectivity index is 1.53. The monoisotopic (exact) mass is 378 g/mol. The molecule has 1 amide bonds. The molecule has 1 spiro atoms. The molecule has 0 radical (unpaired) electrons. The van der Waals surface area contributed by atoms with Crippen molar-refractivity contribution in [3.8, 4) is 0 Å². The predicted octanol–water partition coefficient (Wildman–Crippen LogP) is 2.75. The number of hydrogen-bond donors (Lipinski definition) is 0. The highest BCUT2D eigenvalue weighted by molar-refractivity contribution is 7.16. The minimum absolute atomic E-state index is 0.0288. The van der Waals surface area contributed by atoms with E-state index < -0.39 is 5.60 Å². The lowest BCUT2D eigenvalue weighted by molar-refractivity contribution is -0.146. The molecule has 0 aliphatic carbocycles. The molecule has 4 heterocycles. The van der Waals surface area contributed by atoms with Crippen molar-refractivity contribution < 1.29 is 14.3 Å². The average Bonchev–Trinajstić information content (AvgIpc) is 3.21. The van der Waals surface area contributed by atoms with Gasteiger partial charge in [-0.15, -0.1) is 11.3 Å². The van der Waals surface area contributed by atoms with E-state index in [9.17, 15) is 4.79 Å². The molecule has 0 N–H and O–H groups in total. The van der Waals surface area contributed by atoms with Crippen LogP contribution in [0.15, 0.2) is 29.0 Å². The number of thiophene rings is 2. The van der Waals surface area contributed by atoms with Crippen molar-refractivity contribution in [2.45, 2.75) is 19.1 Å². The molecule has 0 aromatic carbocycles. The Morgan fingerprint density at radius 1 is 1.28 bits per heavy atom. The maximum absolute atomic E-state index is 12.4. The van der Waals surface area contributed by atoms with E-state index in [0.29, 0.717) is 19.8 Å². The van der Waals surface area contributed by atoms with E-state index >= 15 is 0 Å². The summed E-state index contributed by atoms with van der Waals surface area (Å²) in [6.07, 6.45) is 0. The van der Waals surface area contributed by atoms with Crippen molar-refractivity contribution in [3.05, 3.63) is 39.4 Å². The predicted molar refractivity (Wildman–Crippen MR) is 101 cm³/mol. The quantitative estimate of drug-likeness (QED) is 0.824. The van der Waals surface area contributed by atoms with Gasteiger partial charge in [0.2, 0.25) is 0 Å². The molecule has 7 heteroatoms. The van der Waals surface area contributed by atoms with Crippen molar-refractivity contribution in [1.82, 2.24) is 4.90 Å². The molecule has 2 aliphatic rings. The first-order valence-electron chi connectivity index (χ1n) is 8.46. The first kappa shape index (κ1) is 17.2. The number of amides is 1. The van der Waals surface area contributed by atoms with Crippen LogP contribution in [-0.4, -0.2) is 55.9 Å². The van der Waals surface area contributed by atoms with Crippen molar-refractivity contribution in [2.24, 2.45) is 0 Å². The Labute approximate surface area is 155 Å². The fourth-order valence-electron chi connectivity index (χ4n) is 3.43. The molecule has 2 aromatic heterocycles. The zero-order chi connectivity index (χ0) is 17.3. The summed E-state index contributed by atoms with van der Waals surface area (Å²) in [7, 11) is 0. The Morgan fingerprint density at radius 3 is 2.96 bits per heavy atom. The summed E-state index contributed by atoms with van der Waals surface area (Å²) < 4.78 is 11.9. The Hall–Kier alpha value is -1.25. The third kappa shape index (κ3) is 3.80. The maximum Gasteiger partial charge on any atom is 0.253 e. The van der Waals surface area contributed by atoms with E-state index in [2.05, 4.69) is 34.7 Å². The fourth-order valence-corrected chi connectivity index (χ4v) is 4.96. The second-order valence-electron chi connectivity index (χ2n) is 6.73. The SMILES string of the molecule is Cc1ccc(N2CC3(COCCN(Cc4ccsc4)C3)OCC2=O)s1. The second kappa shape index (κ2) is 7.17. The largest absolute Gasteiger partial charge is 0.377 e. The summed E-state index contributed by atoms with van der Waals surface area (Å²) >= 11 is 3.37. The van der Waals surface area contributed by atoms with E-state index in [1.807, 2.05) is 11.0 Å². The first-order chi connectivity index (χ1) is 12.1. The molecule has 0 saturated carbocycles. The van der Waals surface area contributed by atoms with Crippen LogP contribution in [0, 0.1) is 6.92 Å². The van der Waals surface area contributed by atoms with E-state index in [4.69, 9.17) is 9.47 Å². The van der Waals surface area contributed by atoms with Crippen LogP contribution in [0.2, 0.25) is 0 Å². The number of morpholine rings is 1. The van der Waals surface area contributed by atoms with Gasteiger partial charge in [0.1, 0.15) is 12.2 Å². The van der Waals surface area contributed by atoms with Gasteiger partial charge < -0.3 is 9.47 Å². The van der Waals surface area contributed by atoms with Gasteiger partial charge in [0, 0.05) is 24.5 Å². The first-order valence-corrected chi connectivity index (χ1v) is 10.2. The van der Waals surface area contributed by atoms with E-state index in [-0.39, 0.29) is 12.5 Å². The number of carbonyl (C=O) groups is 1. The van der Waals surface area contributed by atoms with Gasteiger partial charge in [-0.1, -0.05) is 0 Å². The number of anilines is 1. The summed E-state index contributed by atoms with van der Waals surface area (Å²) in [5.74, 6) is 0.0288. The van der Waals surface area contributed by atoms with Gasteiger partial charge in [-0.25, -0.2) is 0 Å². The second-order valence-corrected chi connectivity index (χ2v) is 8.78. The molecule has 2 aliphatic heterocycles. The summed E-state index contributed by atoms with van der Waals surface area (Å²) in [4.78, 5) is 17.9. The standard InChI is InChI=1S/C18H22N2O3S2/c1-14-2-3-17(25-14)20-12-18(23-9-16(20)21)11-19(5-6-22-13-18)8-15-4-7-24-10-15/h2-4,7,10H,5-6,8-9,11-13H2,1H3. The summed E-state index contributed by atoms with van der Waals surface area (Å²) in [6, 6.07) is 6.24. The molecule has 2 fully saturated rings. The molecule has 4 rings (SSSR count). The topological polar surface area (TPSA) is 42.0 Å². The number of carbonyl (C=O) groups excluding carboxylic acids is 1. The van der Waals surface area contributed by atoms with Gasteiger partial charge >= 0.3 is 0 Å². The minimum Gasteiger partial charge on any atom is -0.377 e.